The van der Waals surface area contributed by atoms with Gasteiger partial charge in [0.1, 0.15) is 6.17 Å². The second-order valence-corrected chi connectivity index (χ2v) is 6.02. The number of nitrogens with two attached hydrogens (primary N) is 1. The summed E-state index contributed by atoms with van der Waals surface area (Å²) in [7, 11) is 1.55. The monoisotopic (exact) mass is 347 g/mol. The lowest BCUT2D eigenvalue weighted by Gasteiger charge is -2.16. The molecule has 4 rings (SSSR count). The lowest BCUT2D eigenvalue weighted by atomic mass is 10.1. The molecule has 130 valence electrons. The second kappa shape index (κ2) is 5.97. The molecule has 1 aliphatic rings. The zero-order valence-electron chi connectivity index (χ0n) is 14.3. The number of rotatable bonds is 3. The van der Waals surface area contributed by atoms with E-state index in [2.05, 4.69) is 26.7 Å². The van der Waals surface area contributed by atoms with Crippen LogP contribution in [-0.4, -0.2) is 21.6 Å². The van der Waals surface area contributed by atoms with E-state index in [9.17, 15) is 0 Å². The van der Waals surface area contributed by atoms with Crippen molar-refractivity contribution < 1.29 is 4.74 Å². The van der Waals surface area contributed by atoms with Crippen molar-refractivity contribution in [2.75, 3.05) is 23.5 Å². The SMILES string of the molecule is COc1nc(N)ncc1C1Nc2cn(-c3ccc(C#N)cc3C)cc2N1. The summed E-state index contributed by atoms with van der Waals surface area (Å²) in [6.07, 6.45) is 5.45. The van der Waals surface area contributed by atoms with Gasteiger partial charge >= 0.3 is 0 Å². The van der Waals surface area contributed by atoms with E-state index in [1.165, 1.54) is 0 Å². The van der Waals surface area contributed by atoms with Crippen LogP contribution in [0.5, 0.6) is 5.88 Å². The number of aryl methyl sites for hydroxylation is 1. The Kier molecular flexibility index (Phi) is 3.62. The van der Waals surface area contributed by atoms with E-state index >= 15 is 0 Å². The van der Waals surface area contributed by atoms with E-state index in [0.717, 1.165) is 28.2 Å². The van der Waals surface area contributed by atoms with Gasteiger partial charge in [-0.1, -0.05) is 0 Å². The Hall–Kier alpha value is -3.73. The number of benzene rings is 1. The fraction of sp³-hybridized carbons (Fsp3) is 0.167. The van der Waals surface area contributed by atoms with Crippen LogP contribution in [-0.2, 0) is 0 Å². The van der Waals surface area contributed by atoms with E-state index in [4.69, 9.17) is 15.7 Å². The van der Waals surface area contributed by atoms with Crippen LogP contribution in [0.1, 0.15) is 22.9 Å². The van der Waals surface area contributed by atoms with Gasteiger partial charge in [-0.15, -0.1) is 0 Å². The summed E-state index contributed by atoms with van der Waals surface area (Å²) in [4.78, 5) is 8.16. The van der Waals surface area contributed by atoms with Gasteiger partial charge in [0.25, 0.3) is 0 Å². The Balaban J connectivity index is 1.62. The van der Waals surface area contributed by atoms with E-state index in [1.54, 1.807) is 13.3 Å². The number of nitriles is 1. The van der Waals surface area contributed by atoms with E-state index in [0.29, 0.717) is 11.4 Å². The van der Waals surface area contributed by atoms with Gasteiger partial charge in [-0.05, 0) is 30.7 Å². The van der Waals surface area contributed by atoms with Crippen LogP contribution < -0.4 is 21.1 Å². The predicted octanol–water partition coefficient (Wildman–Crippen LogP) is 2.57. The molecule has 3 aromatic rings. The Morgan fingerprint density at radius 2 is 2.00 bits per heavy atom. The molecule has 0 spiro atoms. The number of anilines is 3. The largest absolute Gasteiger partial charge is 0.481 e. The number of fused-ring (bicyclic) bond motifs is 1. The smallest absolute Gasteiger partial charge is 0.225 e. The molecule has 8 heteroatoms. The summed E-state index contributed by atoms with van der Waals surface area (Å²) in [6.45, 7) is 1.99. The lowest BCUT2D eigenvalue weighted by Crippen LogP contribution is -2.16. The topological polar surface area (TPSA) is 114 Å². The van der Waals surface area contributed by atoms with Gasteiger partial charge in [-0.3, -0.25) is 0 Å². The Bertz CT molecular complexity index is 1010. The van der Waals surface area contributed by atoms with E-state index in [-0.39, 0.29) is 12.1 Å². The van der Waals surface area contributed by atoms with Gasteiger partial charge < -0.3 is 25.7 Å². The van der Waals surface area contributed by atoms with Crippen LogP contribution in [0.15, 0.2) is 36.8 Å². The molecule has 0 saturated carbocycles. The number of methoxy groups -OCH3 is 1. The predicted molar refractivity (Wildman–Crippen MR) is 98.2 cm³/mol. The van der Waals surface area contributed by atoms with Crippen LogP contribution in [0.3, 0.4) is 0 Å². The third-order valence-corrected chi connectivity index (χ3v) is 4.33. The number of hydrogen-bond acceptors (Lipinski definition) is 7. The highest BCUT2D eigenvalue weighted by molar-refractivity contribution is 5.76. The van der Waals surface area contributed by atoms with Crippen molar-refractivity contribution >= 4 is 17.3 Å². The van der Waals surface area contributed by atoms with Crippen LogP contribution in [0.2, 0.25) is 0 Å². The van der Waals surface area contributed by atoms with Gasteiger partial charge in [-0.2, -0.15) is 10.2 Å². The van der Waals surface area contributed by atoms with Crippen molar-refractivity contribution in [3.8, 4) is 17.6 Å². The number of ether oxygens (including phenoxy) is 1. The van der Waals surface area contributed by atoms with Gasteiger partial charge in [0, 0.05) is 24.3 Å². The molecule has 0 aliphatic carbocycles. The molecular weight excluding hydrogens is 330 g/mol. The summed E-state index contributed by atoms with van der Waals surface area (Å²) < 4.78 is 7.32. The highest BCUT2D eigenvalue weighted by Crippen LogP contribution is 2.39. The zero-order chi connectivity index (χ0) is 18.3. The Morgan fingerprint density at radius 1 is 1.27 bits per heavy atom. The molecular formula is C18H17N7O. The van der Waals surface area contributed by atoms with Crippen molar-refractivity contribution in [3.05, 3.63) is 53.5 Å². The molecule has 0 unspecified atom stereocenters. The third kappa shape index (κ3) is 2.56. The van der Waals surface area contributed by atoms with Gasteiger partial charge in [-0.25, -0.2) is 4.98 Å². The minimum Gasteiger partial charge on any atom is -0.481 e. The average Bonchev–Trinajstić information content (AvgIpc) is 3.20. The summed E-state index contributed by atoms with van der Waals surface area (Å²) in [6, 6.07) is 7.79. The summed E-state index contributed by atoms with van der Waals surface area (Å²) >= 11 is 0. The van der Waals surface area contributed by atoms with Crippen LogP contribution in [0, 0.1) is 18.3 Å². The number of nitrogens with one attached hydrogen (secondary N) is 2. The van der Waals surface area contributed by atoms with E-state index < -0.39 is 0 Å². The highest BCUT2D eigenvalue weighted by Gasteiger charge is 2.26. The van der Waals surface area contributed by atoms with Crippen molar-refractivity contribution in [1.82, 2.24) is 14.5 Å². The number of nitrogen functional groups attached to an aromatic ring is 1. The fourth-order valence-electron chi connectivity index (χ4n) is 3.09. The molecule has 1 aromatic carbocycles. The normalized spacial score (nSPS) is 12.8. The van der Waals surface area contributed by atoms with Crippen molar-refractivity contribution in [3.63, 3.8) is 0 Å². The first-order valence-corrected chi connectivity index (χ1v) is 8.01. The van der Waals surface area contributed by atoms with Crippen LogP contribution in [0.4, 0.5) is 17.3 Å². The molecule has 3 heterocycles. The minimum absolute atomic E-state index is 0.171. The Morgan fingerprint density at radius 3 is 2.62 bits per heavy atom. The first kappa shape index (κ1) is 15.8. The summed E-state index contributed by atoms with van der Waals surface area (Å²) in [5.41, 5.74) is 11.0. The van der Waals surface area contributed by atoms with Crippen molar-refractivity contribution in [1.29, 1.82) is 5.26 Å². The molecule has 0 radical (unpaired) electrons. The molecule has 1 aliphatic heterocycles. The van der Waals surface area contributed by atoms with Crippen LogP contribution in [0.25, 0.3) is 5.69 Å². The van der Waals surface area contributed by atoms with Gasteiger partial charge in [0.15, 0.2) is 0 Å². The molecule has 0 bridgehead atoms. The maximum Gasteiger partial charge on any atom is 0.225 e. The average molecular weight is 347 g/mol. The summed E-state index contributed by atoms with van der Waals surface area (Å²) in [5, 5.41) is 15.8. The molecule has 0 fully saturated rings. The van der Waals surface area contributed by atoms with Gasteiger partial charge in [0.2, 0.25) is 11.8 Å². The summed E-state index contributed by atoms with van der Waals surface area (Å²) in [5.74, 6) is 0.605. The molecule has 8 nitrogen and oxygen atoms in total. The maximum atomic E-state index is 9.01. The number of aromatic nitrogens is 3. The zero-order valence-corrected chi connectivity index (χ0v) is 14.3. The van der Waals surface area contributed by atoms with E-state index in [1.807, 2.05) is 42.1 Å². The molecule has 0 saturated heterocycles. The first-order valence-electron chi connectivity index (χ1n) is 8.01. The maximum absolute atomic E-state index is 9.01. The second-order valence-electron chi connectivity index (χ2n) is 6.02. The number of hydrogen-bond donors (Lipinski definition) is 3. The fourth-order valence-corrected chi connectivity index (χ4v) is 3.09. The number of nitrogens with zero attached hydrogens (tertiary/aromatic N) is 4. The highest BCUT2D eigenvalue weighted by atomic mass is 16.5. The van der Waals surface area contributed by atoms with Crippen LogP contribution >= 0.6 is 0 Å². The molecule has 0 atom stereocenters. The van der Waals surface area contributed by atoms with Gasteiger partial charge in [0.05, 0.1) is 35.7 Å². The lowest BCUT2D eigenvalue weighted by molar-refractivity contribution is 0.391. The van der Waals surface area contributed by atoms with Crippen molar-refractivity contribution in [2.24, 2.45) is 0 Å². The molecule has 0 amide bonds. The quantitative estimate of drug-likeness (QED) is 0.667. The minimum atomic E-state index is -0.202. The molecule has 4 N–H and O–H groups in total. The molecule has 2 aromatic heterocycles. The standard InChI is InChI=1S/C18H17N7O/c1-10-5-11(6-19)3-4-15(10)25-8-13-14(9-25)23-16(22-13)12-7-21-18(20)24-17(12)26-2/h3-5,7-9,16,22-23H,1-2H3,(H2,20,21,24). The van der Waals surface area contributed by atoms with Crippen molar-refractivity contribution in [2.45, 2.75) is 13.1 Å². The Labute approximate surface area is 150 Å². The first-order chi connectivity index (χ1) is 12.6. The molecule has 26 heavy (non-hydrogen) atoms. The third-order valence-electron chi connectivity index (χ3n) is 4.33.